The molecule has 2 aromatic rings. The van der Waals surface area contributed by atoms with Gasteiger partial charge in [0.1, 0.15) is 0 Å². The highest BCUT2D eigenvalue weighted by Gasteiger charge is 2.04. The second-order valence-corrected chi connectivity index (χ2v) is 5.49. The van der Waals surface area contributed by atoms with Gasteiger partial charge in [-0.05, 0) is 30.2 Å². The molecule has 0 radical (unpaired) electrons. The fourth-order valence-corrected chi connectivity index (χ4v) is 1.95. The van der Waals surface area contributed by atoms with Gasteiger partial charge in [-0.1, -0.05) is 31.2 Å². The van der Waals surface area contributed by atoms with Gasteiger partial charge in [0, 0.05) is 12.1 Å². The van der Waals surface area contributed by atoms with Gasteiger partial charge in [0.2, 0.25) is 5.91 Å². The highest BCUT2D eigenvalue weighted by molar-refractivity contribution is 5.92. The summed E-state index contributed by atoms with van der Waals surface area (Å²) in [5.74, 6) is 0.199. The first kappa shape index (κ1) is 15.2. The lowest BCUT2D eigenvalue weighted by Crippen LogP contribution is -2.19. The molecular formula is C15H21N5O. The van der Waals surface area contributed by atoms with Crippen molar-refractivity contribution in [1.82, 2.24) is 20.3 Å². The van der Waals surface area contributed by atoms with Crippen molar-refractivity contribution in [2.45, 2.75) is 26.9 Å². The van der Waals surface area contributed by atoms with Gasteiger partial charge < -0.3 is 11.1 Å². The third-order valence-electron chi connectivity index (χ3n) is 3.03. The molecule has 0 spiro atoms. The number of nitrogens with two attached hydrogens (primary N) is 1. The van der Waals surface area contributed by atoms with E-state index in [2.05, 4.69) is 29.5 Å². The van der Waals surface area contributed by atoms with Gasteiger partial charge >= 0.3 is 0 Å². The van der Waals surface area contributed by atoms with Crippen molar-refractivity contribution < 1.29 is 4.79 Å². The van der Waals surface area contributed by atoms with E-state index in [-0.39, 0.29) is 0 Å². The fourth-order valence-electron chi connectivity index (χ4n) is 1.95. The van der Waals surface area contributed by atoms with E-state index in [1.54, 1.807) is 16.8 Å². The molecule has 0 saturated carbocycles. The molecule has 1 aromatic carbocycles. The molecule has 1 amide bonds. The molecule has 6 nitrogen and oxygen atoms in total. The predicted octanol–water partition coefficient (Wildman–Crippen LogP) is 1.17. The average molecular weight is 287 g/mol. The molecule has 0 saturated heterocycles. The standard InChI is InChI=1S/C15H21N5O/c1-11(2)7-17-8-14-10-20(19-18-14)9-12-3-5-13(6-4-12)15(16)21/h3-6,10-11,17H,7-9H2,1-2H3,(H2,16,21). The minimum Gasteiger partial charge on any atom is -0.366 e. The molecule has 1 aromatic heterocycles. The number of carbonyl (C=O) groups excluding carboxylic acids is 1. The second kappa shape index (κ2) is 6.99. The number of primary amides is 1. The number of nitrogens with zero attached hydrogens (tertiary/aromatic N) is 3. The number of nitrogens with one attached hydrogen (secondary N) is 1. The normalized spacial score (nSPS) is 11.0. The summed E-state index contributed by atoms with van der Waals surface area (Å²) in [6, 6.07) is 7.19. The summed E-state index contributed by atoms with van der Waals surface area (Å²) in [6.45, 7) is 6.63. The minimum absolute atomic E-state index is 0.416. The number of aromatic nitrogens is 3. The lowest BCUT2D eigenvalue weighted by Gasteiger charge is -2.04. The third-order valence-corrected chi connectivity index (χ3v) is 3.03. The van der Waals surface area contributed by atoms with Crippen molar-refractivity contribution in [3.05, 3.63) is 47.3 Å². The van der Waals surface area contributed by atoms with E-state index < -0.39 is 5.91 Å². The summed E-state index contributed by atoms with van der Waals surface area (Å²) in [7, 11) is 0. The van der Waals surface area contributed by atoms with E-state index in [0.29, 0.717) is 18.0 Å². The van der Waals surface area contributed by atoms with Crippen LogP contribution in [0.1, 0.15) is 35.5 Å². The topological polar surface area (TPSA) is 85.8 Å². The summed E-state index contributed by atoms with van der Waals surface area (Å²) in [4.78, 5) is 11.0. The molecule has 21 heavy (non-hydrogen) atoms. The molecule has 3 N–H and O–H groups in total. The lowest BCUT2D eigenvalue weighted by atomic mass is 10.1. The van der Waals surface area contributed by atoms with Crippen LogP contribution in [0.15, 0.2) is 30.5 Å². The van der Waals surface area contributed by atoms with Crippen molar-refractivity contribution in [2.75, 3.05) is 6.54 Å². The quantitative estimate of drug-likeness (QED) is 0.800. The van der Waals surface area contributed by atoms with E-state index in [9.17, 15) is 4.79 Å². The van der Waals surface area contributed by atoms with Crippen LogP contribution in [0.25, 0.3) is 0 Å². The van der Waals surface area contributed by atoms with Crippen LogP contribution < -0.4 is 11.1 Å². The maximum Gasteiger partial charge on any atom is 0.248 e. The van der Waals surface area contributed by atoms with Gasteiger partial charge in [0.15, 0.2) is 0 Å². The van der Waals surface area contributed by atoms with Crippen LogP contribution in [0.4, 0.5) is 0 Å². The summed E-state index contributed by atoms with van der Waals surface area (Å²) in [5, 5.41) is 11.6. The Morgan fingerprint density at radius 1 is 1.33 bits per heavy atom. The molecule has 112 valence electrons. The number of hydrogen-bond donors (Lipinski definition) is 2. The minimum atomic E-state index is -0.416. The molecule has 2 rings (SSSR count). The average Bonchev–Trinajstić information content (AvgIpc) is 2.86. The van der Waals surface area contributed by atoms with Crippen LogP contribution in [0.2, 0.25) is 0 Å². The smallest absolute Gasteiger partial charge is 0.248 e. The van der Waals surface area contributed by atoms with Crippen LogP contribution in [0.5, 0.6) is 0 Å². The number of hydrogen-bond acceptors (Lipinski definition) is 4. The number of amides is 1. The van der Waals surface area contributed by atoms with E-state index in [4.69, 9.17) is 5.73 Å². The van der Waals surface area contributed by atoms with Gasteiger partial charge in [-0.15, -0.1) is 5.10 Å². The molecule has 0 aliphatic carbocycles. The zero-order valence-electron chi connectivity index (χ0n) is 12.4. The number of benzene rings is 1. The highest BCUT2D eigenvalue weighted by Crippen LogP contribution is 2.06. The van der Waals surface area contributed by atoms with Gasteiger partial charge in [-0.25, -0.2) is 4.68 Å². The molecule has 0 fully saturated rings. The Labute approximate surface area is 124 Å². The van der Waals surface area contributed by atoms with Gasteiger partial charge in [-0.3, -0.25) is 4.79 Å². The third kappa shape index (κ3) is 4.68. The molecule has 0 aliphatic rings. The molecule has 6 heteroatoms. The summed E-state index contributed by atoms with van der Waals surface area (Å²) in [5.41, 5.74) is 7.69. The Morgan fingerprint density at radius 3 is 2.67 bits per heavy atom. The van der Waals surface area contributed by atoms with Crippen molar-refractivity contribution >= 4 is 5.91 Å². The first-order valence-electron chi connectivity index (χ1n) is 7.03. The Morgan fingerprint density at radius 2 is 2.05 bits per heavy atom. The van der Waals surface area contributed by atoms with Crippen LogP contribution in [0, 0.1) is 5.92 Å². The van der Waals surface area contributed by atoms with E-state index >= 15 is 0 Å². The SMILES string of the molecule is CC(C)CNCc1cn(Cc2ccc(C(N)=O)cc2)nn1. The Bertz CT molecular complexity index is 588. The highest BCUT2D eigenvalue weighted by atomic mass is 16.1. The molecule has 0 aliphatic heterocycles. The van der Waals surface area contributed by atoms with Crippen LogP contribution in [-0.4, -0.2) is 27.4 Å². The largest absolute Gasteiger partial charge is 0.366 e. The Kier molecular flexibility index (Phi) is 5.05. The molecule has 0 bridgehead atoms. The summed E-state index contributed by atoms with van der Waals surface area (Å²) < 4.78 is 1.78. The predicted molar refractivity (Wildman–Crippen MR) is 80.6 cm³/mol. The second-order valence-electron chi connectivity index (χ2n) is 5.49. The summed E-state index contributed by atoms with van der Waals surface area (Å²) in [6.07, 6.45) is 1.93. The molecular weight excluding hydrogens is 266 g/mol. The van der Waals surface area contributed by atoms with Gasteiger partial charge in [0.05, 0.1) is 18.4 Å². The summed E-state index contributed by atoms with van der Waals surface area (Å²) >= 11 is 0. The molecule has 1 heterocycles. The van der Waals surface area contributed by atoms with Crippen molar-refractivity contribution in [3.63, 3.8) is 0 Å². The van der Waals surface area contributed by atoms with Crippen molar-refractivity contribution in [3.8, 4) is 0 Å². The van der Waals surface area contributed by atoms with E-state index in [0.717, 1.165) is 24.3 Å². The molecule has 0 unspecified atom stereocenters. The number of rotatable bonds is 7. The maximum absolute atomic E-state index is 11.0. The van der Waals surface area contributed by atoms with Gasteiger partial charge in [0.25, 0.3) is 0 Å². The van der Waals surface area contributed by atoms with Crippen LogP contribution in [-0.2, 0) is 13.1 Å². The van der Waals surface area contributed by atoms with E-state index in [1.807, 2.05) is 18.3 Å². The Balaban J connectivity index is 1.91. The Hall–Kier alpha value is -2.21. The zero-order chi connectivity index (χ0) is 15.2. The lowest BCUT2D eigenvalue weighted by molar-refractivity contribution is 0.100. The molecule has 0 atom stereocenters. The zero-order valence-corrected chi connectivity index (χ0v) is 12.4. The van der Waals surface area contributed by atoms with Crippen molar-refractivity contribution in [2.24, 2.45) is 11.7 Å². The maximum atomic E-state index is 11.0. The van der Waals surface area contributed by atoms with Gasteiger partial charge in [-0.2, -0.15) is 0 Å². The van der Waals surface area contributed by atoms with Crippen LogP contribution >= 0.6 is 0 Å². The van der Waals surface area contributed by atoms with E-state index in [1.165, 1.54) is 0 Å². The van der Waals surface area contributed by atoms with Crippen LogP contribution in [0.3, 0.4) is 0 Å². The first-order valence-corrected chi connectivity index (χ1v) is 7.03. The monoisotopic (exact) mass is 287 g/mol. The fraction of sp³-hybridized carbons (Fsp3) is 0.400. The first-order chi connectivity index (χ1) is 10.0. The van der Waals surface area contributed by atoms with Crippen molar-refractivity contribution in [1.29, 1.82) is 0 Å². The number of carbonyl (C=O) groups is 1.